The molecule has 0 spiro atoms. The van der Waals surface area contributed by atoms with Gasteiger partial charge in [0.1, 0.15) is 5.38 Å². The maximum absolute atomic E-state index is 12.2. The number of likely N-dealkylation sites (tertiary alicyclic amines) is 1. The molecule has 4 heteroatoms. The minimum absolute atomic E-state index is 0.147. The van der Waals surface area contributed by atoms with Gasteiger partial charge in [0.05, 0.1) is 0 Å². The van der Waals surface area contributed by atoms with Crippen LogP contribution < -0.4 is 0 Å². The minimum atomic E-state index is -0.331. The van der Waals surface area contributed by atoms with Gasteiger partial charge in [-0.1, -0.05) is 0 Å². The quantitative estimate of drug-likeness (QED) is 0.697. The third kappa shape index (κ3) is 2.89. The van der Waals surface area contributed by atoms with Crippen LogP contribution in [0, 0.1) is 5.92 Å². The van der Waals surface area contributed by atoms with Gasteiger partial charge in [0.2, 0.25) is 5.91 Å². The van der Waals surface area contributed by atoms with Gasteiger partial charge in [-0.05, 0) is 38.0 Å². The Balaban J connectivity index is 1.86. The van der Waals surface area contributed by atoms with Crippen LogP contribution in [0.3, 0.4) is 0 Å². The van der Waals surface area contributed by atoms with Crippen molar-refractivity contribution >= 4 is 17.5 Å². The van der Waals surface area contributed by atoms with E-state index in [9.17, 15) is 4.79 Å². The molecule has 2 fully saturated rings. The lowest BCUT2D eigenvalue weighted by Gasteiger charge is -2.32. The molecule has 0 aromatic rings. The van der Waals surface area contributed by atoms with Crippen molar-refractivity contribution in [3.63, 3.8) is 0 Å². The average Bonchev–Trinajstić information content (AvgIpc) is 2.39. The molecule has 0 saturated carbocycles. The Bertz CT molecular complexity index is 235. The number of carbonyl (C=O) groups excluding carboxylic acids is 1. The zero-order valence-corrected chi connectivity index (χ0v) is 10.4. The lowest BCUT2D eigenvalue weighted by Crippen LogP contribution is -2.43. The second-order valence-corrected chi connectivity index (χ2v) is 5.21. The van der Waals surface area contributed by atoms with Crippen molar-refractivity contribution in [3.05, 3.63) is 0 Å². The molecule has 1 amide bonds. The van der Waals surface area contributed by atoms with E-state index in [0.717, 1.165) is 52.0 Å². The predicted molar refractivity (Wildman–Crippen MR) is 63.6 cm³/mol. The molecule has 2 saturated heterocycles. The Kier molecular flexibility index (Phi) is 4.47. The summed E-state index contributed by atoms with van der Waals surface area (Å²) < 4.78 is 5.29. The first-order valence-corrected chi connectivity index (χ1v) is 6.73. The predicted octanol–water partition coefficient (Wildman–Crippen LogP) is 2.03. The summed E-state index contributed by atoms with van der Waals surface area (Å²) in [5.74, 6) is 0.457. The first-order chi connectivity index (χ1) is 7.79. The Labute approximate surface area is 102 Å². The third-order valence-corrected chi connectivity index (χ3v) is 4.13. The van der Waals surface area contributed by atoms with Crippen molar-refractivity contribution in [3.8, 4) is 0 Å². The molecule has 0 radical (unpaired) electrons. The standard InChI is InChI=1S/C12H20ClNO2/c13-11(10-4-8-16-9-5-10)12(15)14-6-2-1-3-7-14/h10-11H,1-9H2. The summed E-state index contributed by atoms with van der Waals surface area (Å²) >= 11 is 6.30. The fourth-order valence-electron chi connectivity index (χ4n) is 2.50. The van der Waals surface area contributed by atoms with Gasteiger partial charge >= 0.3 is 0 Å². The molecule has 1 atom stereocenters. The second-order valence-electron chi connectivity index (χ2n) is 4.74. The van der Waals surface area contributed by atoms with E-state index in [1.54, 1.807) is 0 Å². The molecule has 2 aliphatic heterocycles. The second kappa shape index (κ2) is 5.87. The molecule has 16 heavy (non-hydrogen) atoms. The number of hydrogen-bond acceptors (Lipinski definition) is 2. The van der Waals surface area contributed by atoms with Gasteiger partial charge < -0.3 is 9.64 Å². The van der Waals surface area contributed by atoms with Crippen LogP contribution >= 0.6 is 11.6 Å². The molecule has 92 valence electrons. The number of amides is 1. The first kappa shape index (κ1) is 12.2. The van der Waals surface area contributed by atoms with Crippen molar-refractivity contribution in [1.82, 2.24) is 4.90 Å². The van der Waals surface area contributed by atoms with Gasteiger partial charge in [0.25, 0.3) is 0 Å². The molecule has 2 heterocycles. The zero-order valence-electron chi connectivity index (χ0n) is 9.66. The number of carbonyl (C=O) groups is 1. The molecule has 2 rings (SSSR count). The molecule has 0 aromatic carbocycles. The van der Waals surface area contributed by atoms with Crippen LogP contribution in [0.15, 0.2) is 0 Å². The number of nitrogens with zero attached hydrogens (tertiary/aromatic N) is 1. The molecule has 1 unspecified atom stereocenters. The molecule has 0 bridgehead atoms. The monoisotopic (exact) mass is 245 g/mol. The Hall–Kier alpha value is -0.280. The van der Waals surface area contributed by atoms with E-state index in [2.05, 4.69) is 0 Å². The maximum atomic E-state index is 12.2. The summed E-state index contributed by atoms with van der Waals surface area (Å²) in [6, 6.07) is 0. The van der Waals surface area contributed by atoms with Crippen molar-refractivity contribution in [1.29, 1.82) is 0 Å². The topological polar surface area (TPSA) is 29.5 Å². The first-order valence-electron chi connectivity index (χ1n) is 6.29. The van der Waals surface area contributed by atoms with Crippen molar-refractivity contribution in [2.75, 3.05) is 26.3 Å². The van der Waals surface area contributed by atoms with E-state index in [0.29, 0.717) is 5.92 Å². The normalized spacial score (nSPS) is 25.4. The van der Waals surface area contributed by atoms with E-state index in [1.807, 2.05) is 4.90 Å². The van der Waals surface area contributed by atoms with E-state index in [-0.39, 0.29) is 11.3 Å². The third-order valence-electron chi connectivity index (χ3n) is 3.58. The zero-order chi connectivity index (χ0) is 11.4. The number of ether oxygens (including phenoxy) is 1. The number of hydrogen-bond donors (Lipinski definition) is 0. The van der Waals surface area contributed by atoms with Crippen molar-refractivity contribution in [2.24, 2.45) is 5.92 Å². The molecule has 0 aliphatic carbocycles. The molecule has 0 N–H and O–H groups in total. The lowest BCUT2D eigenvalue weighted by molar-refractivity contribution is -0.133. The van der Waals surface area contributed by atoms with E-state index in [4.69, 9.17) is 16.3 Å². The molecular weight excluding hydrogens is 226 g/mol. The van der Waals surface area contributed by atoms with Crippen LogP contribution in [0.5, 0.6) is 0 Å². The summed E-state index contributed by atoms with van der Waals surface area (Å²) in [5, 5.41) is -0.331. The summed E-state index contributed by atoms with van der Waals surface area (Å²) in [4.78, 5) is 14.1. The highest BCUT2D eigenvalue weighted by atomic mass is 35.5. The molecule has 2 aliphatic rings. The van der Waals surface area contributed by atoms with Gasteiger partial charge in [-0.3, -0.25) is 4.79 Å². The number of piperidine rings is 1. The lowest BCUT2D eigenvalue weighted by atomic mass is 9.95. The smallest absolute Gasteiger partial charge is 0.240 e. The van der Waals surface area contributed by atoms with Gasteiger partial charge in [-0.25, -0.2) is 0 Å². The van der Waals surface area contributed by atoms with E-state index < -0.39 is 0 Å². The van der Waals surface area contributed by atoms with Gasteiger partial charge in [0, 0.05) is 26.3 Å². The maximum Gasteiger partial charge on any atom is 0.240 e. The van der Waals surface area contributed by atoms with E-state index >= 15 is 0 Å². The van der Waals surface area contributed by atoms with Crippen LogP contribution in [-0.4, -0.2) is 42.5 Å². The van der Waals surface area contributed by atoms with Gasteiger partial charge in [-0.15, -0.1) is 11.6 Å². The Morgan fingerprint density at radius 3 is 2.44 bits per heavy atom. The highest BCUT2D eigenvalue weighted by molar-refractivity contribution is 6.30. The highest BCUT2D eigenvalue weighted by Crippen LogP contribution is 2.25. The van der Waals surface area contributed by atoms with Gasteiger partial charge in [-0.2, -0.15) is 0 Å². The Morgan fingerprint density at radius 1 is 1.19 bits per heavy atom. The van der Waals surface area contributed by atoms with Crippen LogP contribution in [0.2, 0.25) is 0 Å². The van der Waals surface area contributed by atoms with Crippen LogP contribution in [-0.2, 0) is 9.53 Å². The van der Waals surface area contributed by atoms with Crippen LogP contribution in [0.1, 0.15) is 32.1 Å². The van der Waals surface area contributed by atoms with Crippen LogP contribution in [0.4, 0.5) is 0 Å². The molecule has 0 aromatic heterocycles. The minimum Gasteiger partial charge on any atom is -0.381 e. The number of halogens is 1. The average molecular weight is 246 g/mol. The molecule has 3 nitrogen and oxygen atoms in total. The number of alkyl halides is 1. The highest BCUT2D eigenvalue weighted by Gasteiger charge is 2.31. The van der Waals surface area contributed by atoms with Crippen molar-refractivity contribution in [2.45, 2.75) is 37.5 Å². The largest absolute Gasteiger partial charge is 0.381 e. The van der Waals surface area contributed by atoms with E-state index in [1.165, 1.54) is 6.42 Å². The summed E-state index contributed by atoms with van der Waals surface area (Å²) in [5.41, 5.74) is 0. The number of rotatable bonds is 2. The van der Waals surface area contributed by atoms with Crippen molar-refractivity contribution < 1.29 is 9.53 Å². The fraction of sp³-hybridized carbons (Fsp3) is 0.917. The summed E-state index contributed by atoms with van der Waals surface area (Å²) in [6.07, 6.45) is 5.35. The SMILES string of the molecule is O=C(C(Cl)C1CCOCC1)N1CCCCC1. The van der Waals surface area contributed by atoms with Crippen LogP contribution in [0.25, 0.3) is 0 Å². The summed E-state index contributed by atoms with van der Waals surface area (Å²) in [6.45, 7) is 3.29. The molecular formula is C12H20ClNO2. The Morgan fingerprint density at radius 2 is 1.81 bits per heavy atom. The summed E-state index contributed by atoms with van der Waals surface area (Å²) in [7, 11) is 0. The van der Waals surface area contributed by atoms with Gasteiger partial charge in [0.15, 0.2) is 0 Å². The fourth-order valence-corrected chi connectivity index (χ4v) is 2.89.